The van der Waals surface area contributed by atoms with Gasteiger partial charge < -0.3 is 5.32 Å². The first-order valence-electron chi connectivity index (χ1n) is 4.15. The first-order chi connectivity index (χ1) is 7.00. The Bertz CT molecular complexity index is 352. The van der Waals surface area contributed by atoms with Crippen LogP contribution in [-0.2, 0) is 6.42 Å². The van der Waals surface area contributed by atoms with Gasteiger partial charge in [0.25, 0.3) is 0 Å². The van der Waals surface area contributed by atoms with Crippen LogP contribution in [0.25, 0.3) is 0 Å². The Hall–Kier alpha value is -0.810. The van der Waals surface area contributed by atoms with Crippen LogP contribution in [0.5, 0.6) is 0 Å². The second-order valence-electron chi connectivity index (χ2n) is 2.90. The molecule has 0 radical (unpaired) electrons. The number of likely N-dealkylation sites (N-methyl/N-ethyl adjacent to an activating group) is 1. The van der Waals surface area contributed by atoms with E-state index in [1.165, 1.54) is 0 Å². The molecule has 15 heavy (non-hydrogen) atoms. The summed E-state index contributed by atoms with van der Waals surface area (Å²) in [4.78, 5) is 0. The van der Waals surface area contributed by atoms with Crippen LogP contribution < -0.4 is 5.32 Å². The predicted octanol–water partition coefficient (Wildman–Crippen LogP) is 2.66. The van der Waals surface area contributed by atoms with Gasteiger partial charge in [-0.2, -0.15) is 0 Å². The molecule has 0 saturated carbocycles. The number of hydrogen-bond acceptors (Lipinski definition) is 1. The van der Waals surface area contributed by atoms with Crippen LogP contribution in [0.2, 0.25) is 5.02 Å². The van der Waals surface area contributed by atoms with Crippen molar-refractivity contribution in [1.29, 1.82) is 0 Å². The van der Waals surface area contributed by atoms with Crippen molar-refractivity contribution >= 4 is 11.6 Å². The summed E-state index contributed by atoms with van der Waals surface area (Å²) in [6.45, 7) is 0.203. The highest BCUT2D eigenvalue weighted by Crippen LogP contribution is 2.27. The molecule has 1 aromatic rings. The van der Waals surface area contributed by atoms with Crippen molar-refractivity contribution in [2.75, 3.05) is 13.6 Å². The Kier molecular flexibility index (Phi) is 3.93. The lowest BCUT2D eigenvalue weighted by atomic mass is 10.1. The van der Waals surface area contributed by atoms with Gasteiger partial charge in [-0.3, -0.25) is 0 Å². The molecule has 0 aromatic heterocycles. The Morgan fingerprint density at radius 1 is 1.00 bits per heavy atom. The maximum Gasteiger partial charge on any atom is 0.180 e. The average Bonchev–Trinajstić information content (AvgIpc) is 2.24. The molecule has 6 heteroatoms. The molecule has 1 nitrogen and oxygen atoms in total. The van der Waals surface area contributed by atoms with Gasteiger partial charge in [0.1, 0.15) is 5.02 Å². The van der Waals surface area contributed by atoms with Gasteiger partial charge in [-0.1, -0.05) is 11.6 Å². The molecule has 84 valence electrons. The summed E-state index contributed by atoms with van der Waals surface area (Å²) < 4.78 is 52.1. The molecule has 0 aliphatic rings. The zero-order valence-corrected chi connectivity index (χ0v) is 8.56. The fourth-order valence-corrected chi connectivity index (χ4v) is 1.29. The lowest BCUT2D eigenvalue weighted by molar-refractivity contribution is 0.438. The smallest absolute Gasteiger partial charge is 0.180 e. The zero-order chi connectivity index (χ0) is 11.6. The van der Waals surface area contributed by atoms with Gasteiger partial charge in [-0.05, 0) is 20.0 Å². The third-order valence-electron chi connectivity index (χ3n) is 1.93. The molecule has 0 atom stereocenters. The minimum absolute atomic E-state index is 0.154. The molecule has 0 fully saturated rings. The van der Waals surface area contributed by atoms with Crippen LogP contribution >= 0.6 is 11.6 Å². The fourth-order valence-electron chi connectivity index (χ4n) is 1.12. The first-order valence-corrected chi connectivity index (χ1v) is 4.53. The molecule has 0 heterocycles. The van der Waals surface area contributed by atoms with Crippen molar-refractivity contribution < 1.29 is 17.6 Å². The summed E-state index contributed by atoms with van der Waals surface area (Å²) in [6, 6.07) is 0. The first kappa shape index (κ1) is 12.3. The Balaban J connectivity index is 3.26. The van der Waals surface area contributed by atoms with Crippen LogP contribution in [0.15, 0.2) is 0 Å². The average molecular weight is 242 g/mol. The molecule has 1 aromatic carbocycles. The number of hydrogen-bond donors (Lipinski definition) is 1. The number of rotatable bonds is 3. The van der Waals surface area contributed by atoms with Crippen LogP contribution in [-0.4, -0.2) is 13.6 Å². The van der Waals surface area contributed by atoms with E-state index >= 15 is 0 Å². The van der Waals surface area contributed by atoms with E-state index < -0.39 is 33.9 Å². The van der Waals surface area contributed by atoms with Gasteiger partial charge in [0, 0.05) is 5.56 Å². The lowest BCUT2D eigenvalue weighted by Crippen LogP contribution is -2.14. The Morgan fingerprint density at radius 2 is 1.47 bits per heavy atom. The number of benzene rings is 1. The molecule has 0 unspecified atom stereocenters. The Labute approximate surface area is 89.0 Å². The van der Waals surface area contributed by atoms with Crippen LogP contribution in [0, 0.1) is 23.3 Å². The van der Waals surface area contributed by atoms with Gasteiger partial charge in [-0.25, -0.2) is 17.6 Å². The summed E-state index contributed by atoms with van der Waals surface area (Å²) in [5.41, 5.74) is -0.635. The standard InChI is InChI=1S/C9H8ClF4N/c1-15-3-2-4-6(11)8(13)5(10)9(14)7(4)12/h15H,2-3H2,1H3. The largest absolute Gasteiger partial charge is 0.319 e. The highest BCUT2D eigenvalue weighted by Gasteiger charge is 2.23. The molecule has 1 N–H and O–H groups in total. The van der Waals surface area contributed by atoms with E-state index in [1.54, 1.807) is 7.05 Å². The molecular weight excluding hydrogens is 234 g/mol. The van der Waals surface area contributed by atoms with E-state index in [1.807, 2.05) is 0 Å². The van der Waals surface area contributed by atoms with Crippen molar-refractivity contribution in [2.24, 2.45) is 0 Å². The summed E-state index contributed by atoms with van der Waals surface area (Å²) in [6.07, 6.45) is -0.154. The van der Waals surface area contributed by atoms with Gasteiger partial charge in [0.15, 0.2) is 23.3 Å². The van der Waals surface area contributed by atoms with Crippen molar-refractivity contribution in [2.45, 2.75) is 6.42 Å². The van der Waals surface area contributed by atoms with Gasteiger partial charge >= 0.3 is 0 Å². The summed E-state index contributed by atoms with van der Waals surface area (Å²) in [7, 11) is 1.55. The molecule has 0 bridgehead atoms. The lowest BCUT2D eigenvalue weighted by Gasteiger charge is -2.08. The molecule has 0 saturated heterocycles. The molecular formula is C9H8ClF4N. The Morgan fingerprint density at radius 3 is 1.87 bits per heavy atom. The number of nitrogens with one attached hydrogen (secondary N) is 1. The third kappa shape index (κ3) is 2.23. The van der Waals surface area contributed by atoms with E-state index in [0.717, 1.165) is 0 Å². The van der Waals surface area contributed by atoms with E-state index in [2.05, 4.69) is 5.32 Å². The van der Waals surface area contributed by atoms with E-state index in [0.29, 0.717) is 0 Å². The fraction of sp³-hybridized carbons (Fsp3) is 0.333. The minimum atomic E-state index is -1.55. The van der Waals surface area contributed by atoms with E-state index in [4.69, 9.17) is 11.6 Å². The molecule has 0 amide bonds. The molecule has 0 aliphatic heterocycles. The topological polar surface area (TPSA) is 12.0 Å². The van der Waals surface area contributed by atoms with Gasteiger partial charge in [-0.15, -0.1) is 0 Å². The maximum atomic E-state index is 13.1. The van der Waals surface area contributed by atoms with Crippen LogP contribution in [0.3, 0.4) is 0 Å². The third-order valence-corrected chi connectivity index (χ3v) is 2.26. The quantitative estimate of drug-likeness (QED) is 0.487. The maximum absolute atomic E-state index is 13.1. The SMILES string of the molecule is CNCCc1c(F)c(F)c(Cl)c(F)c1F. The van der Waals surface area contributed by atoms with Gasteiger partial charge in [0.2, 0.25) is 0 Å². The second-order valence-corrected chi connectivity index (χ2v) is 3.28. The summed E-state index contributed by atoms with van der Waals surface area (Å²) >= 11 is 5.05. The summed E-state index contributed by atoms with van der Waals surface area (Å²) in [5, 5.41) is 1.46. The second kappa shape index (κ2) is 4.81. The van der Waals surface area contributed by atoms with Crippen molar-refractivity contribution in [1.82, 2.24) is 5.32 Å². The van der Waals surface area contributed by atoms with Crippen LogP contribution in [0.1, 0.15) is 5.56 Å². The van der Waals surface area contributed by atoms with E-state index in [-0.39, 0.29) is 13.0 Å². The monoisotopic (exact) mass is 241 g/mol. The van der Waals surface area contributed by atoms with Crippen molar-refractivity contribution in [3.63, 3.8) is 0 Å². The zero-order valence-electron chi connectivity index (χ0n) is 7.80. The molecule has 1 rings (SSSR count). The van der Waals surface area contributed by atoms with Crippen molar-refractivity contribution in [3.05, 3.63) is 33.9 Å². The highest BCUT2D eigenvalue weighted by atomic mass is 35.5. The minimum Gasteiger partial charge on any atom is -0.319 e. The molecule has 0 spiro atoms. The van der Waals surface area contributed by atoms with Crippen LogP contribution in [0.4, 0.5) is 17.6 Å². The highest BCUT2D eigenvalue weighted by molar-refractivity contribution is 6.30. The van der Waals surface area contributed by atoms with Crippen molar-refractivity contribution in [3.8, 4) is 0 Å². The molecule has 0 aliphatic carbocycles. The normalized spacial score (nSPS) is 10.8. The predicted molar refractivity (Wildman–Crippen MR) is 48.9 cm³/mol. The number of halogens is 5. The van der Waals surface area contributed by atoms with E-state index in [9.17, 15) is 17.6 Å². The van der Waals surface area contributed by atoms with Gasteiger partial charge in [0.05, 0.1) is 0 Å². The summed E-state index contributed by atoms with van der Waals surface area (Å²) in [5.74, 6) is -5.98.